The van der Waals surface area contributed by atoms with E-state index in [0.29, 0.717) is 23.0 Å². The van der Waals surface area contributed by atoms with Crippen LogP contribution < -0.4 is 15.0 Å². The fourth-order valence-electron chi connectivity index (χ4n) is 2.87. The van der Waals surface area contributed by atoms with Gasteiger partial charge in [0.1, 0.15) is 5.75 Å². The van der Waals surface area contributed by atoms with Gasteiger partial charge in [0.2, 0.25) is 11.8 Å². The lowest BCUT2D eigenvalue weighted by atomic mass is 10.1. The number of hydrogen-bond donors (Lipinski definition) is 1. The third-order valence-electron chi connectivity index (χ3n) is 4.24. The number of carbonyl (C=O) groups excluding carboxylic acids is 2. The van der Waals surface area contributed by atoms with Crippen LogP contribution in [0.25, 0.3) is 0 Å². The summed E-state index contributed by atoms with van der Waals surface area (Å²) in [5.41, 5.74) is 2.31. The molecule has 5 nitrogen and oxygen atoms in total. The number of halogens is 1. The molecule has 25 heavy (non-hydrogen) atoms. The molecule has 2 aromatic rings. The Balaban J connectivity index is 1.72. The largest absolute Gasteiger partial charge is 0.497 e. The van der Waals surface area contributed by atoms with Gasteiger partial charge in [-0.1, -0.05) is 23.7 Å². The van der Waals surface area contributed by atoms with Gasteiger partial charge >= 0.3 is 0 Å². The van der Waals surface area contributed by atoms with Crippen molar-refractivity contribution in [1.29, 1.82) is 0 Å². The highest BCUT2D eigenvalue weighted by Crippen LogP contribution is 2.29. The van der Waals surface area contributed by atoms with E-state index in [0.717, 1.165) is 11.3 Å². The summed E-state index contributed by atoms with van der Waals surface area (Å²) in [6.45, 7) is 2.26. The van der Waals surface area contributed by atoms with E-state index < -0.39 is 5.92 Å². The molecule has 0 aromatic heterocycles. The minimum atomic E-state index is -0.420. The van der Waals surface area contributed by atoms with Crippen LogP contribution in [-0.2, 0) is 9.59 Å². The Hall–Kier alpha value is -2.53. The minimum absolute atomic E-state index is 0.0802. The number of nitrogens with one attached hydrogen (secondary N) is 1. The van der Waals surface area contributed by atoms with Crippen molar-refractivity contribution in [3.05, 3.63) is 53.1 Å². The molecule has 1 heterocycles. The Kier molecular flexibility index (Phi) is 4.95. The second-order valence-electron chi connectivity index (χ2n) is 6.08. The molecule has 130 valence electrons. The number of amides is 2. The van der Waals surface area contributed by atoms with E-state index in [-0.39, 0.29) is 18.2 Å². The number of nitrogens with zero attached hydrogens (tertiary/aromatic N) is 1. The second kappa shape index (κ2) is 7.15. The Morgan fingerprint density at radius 2 is 2.08 bits per heavy atom. The Morgan fingerprint density at radius 1 is 1.28 bits per heavy atom. The van der Waals surface area contributed by atoms with Crippen molar-refractivity contribution in [3.8, 4) is 5.75 Å². The molecule has 1 aliphatic heterocycles. The molecular formula is C19H19ClN2O3. The molecule has 3 rings (SSSR count). The maximum Gasteiger partial charge on any atom is 0.229 e. The summed E-state index contributed by atoms with van der Waals surface area (Å²) in [6, 6.07) is 12.7. The van der Waals surface area contributed by atoms with Gasteiger partial charge in [-0.2, -0.15) is 0 Å². The minimum Gasteiger partial charge on any atom is -0.497 e. The number of methoxy groups -OCH3 is 1. The number of aryl methyl sites for hydroxylation is 1. The first-order valence-electron chi connectivity index (χ1n) is 7.99. The number of benzene rings is 2. The summed E-state index contributed by atoms with van der Waals surface area (Å²) in [6.07, 6.45) is 0.173. The van der Waals surface area contributed by atoms with E-state index in [1.165, 1.54) is 0 Å². The number of ether oxygens (including phenoxy) is 1. The maximum absolute atomic E-state index is 12.5. The first-order valence-corrected chi connectivity index (χ1v) is 8.37. The number of rotatable bonds is 4. The summed E-state index contributed by atoms with van der Waals surface area (Å²) in [5.74, 6) is -0.0337. The molecule has 1 saturated heterocycles. The molecule has 0 spiro atoms. The number of carbonyl (C=O) groups is 2. The maximum atomic E-state index is 12.5. The van der Waals surface area contributed by atoms with Crippen LogP contribution in [-0.4, -0.2) is 25.5 Å². The molecule has 6 heteroatoms. The van der Waals surface area contributed by atoms with Crippen LogP contribution in [0, 0.1) is 12.8 Å². The van der Waals surface area contributed by atoms with E-state index in [9.17, 15) is 9.59 Å². The third kappa shape index (κ3) is 3.77. The van der Waals surface area contributed by atoms with Gasteiger partial charge in [-0.25, -0.2) is 0 Å². The monoisotopic (exact) mass is 358 g/mol. The quantitative estimate of drug-likeness (QED) is 0.907. The molecule has 0 bridgehead atoms. The zero-order valence-corrected chi connectivity index (χ0v) is 14.8. The third-order valence-corrected chi connectivity index (χ3v) is 4.56. The van der Waals surface area contributed by atoms with Crippen LogP contribution in [0.4, 0.5) is 11.4 Å². The fourth-order valence-corrected chi connectivity index (χ4v) is 3.15. The first-order chi connectivity index (χ1) is 12.0. The predicted octanol–water partition coefficient (Wildman–Crippen LogP) is 3.65. The molecule has 0 radical (unpaired) electrons. The SMILES string of the molecule is COc1cccc(N2C[C@@H](C(=O)Nc3ccc(C)cc3Cl)CC2=O)c1. The van der Waals surface area contributed by atoms with Gasteiger partial charge in [-0.3, -0.25) is 9.59 Å². The van der Waals surface area contributed by atoms with Gasteiger partial charge < -0.3 is 15.0 Å². The van der Waals surface area contributed by atoms with Crippen molar-refractivity contribution >= 4 is 34.8 Å². The highest BCUT2D eigenvalue weighted by atomic mass is 35.5. The van der Waals surface area contributed by atoms with E-state index in [1.54, 1.807) is 30.2 Å². The molecule has 0 aliphatic carbocycles. The highest BCUT2D eigenvalue weighted by molar-refractivity contribution is 6.33. The van der Waals surface area contributed by atoms with Crippen LogP contribution in [0.5, 0.6) is 5.75 Å². The van der Waals surface area contributed by atoms with Crippen molar-refractivity contribution in [1.82, 2.24) is 0 Å². The van der Waals surface area contributed by atoms with Crippen molar-refractivity contribution in [2.24, 2.45) is 5.92 Å². The molecule has 1 aliphatic rings. The molecule has 2 aromatic carbocycles. The number of hydrogen-bond acceptors (Lipinski definition) is 3. The van der Waals surface area contributed by atoms with Crippen LogP contribution in [0.2, 0.25) is 5.02 Å². The summed E-state index contributed by atoms with van der Waals surface area (Å²) in [5, 5.41) is 3.31. The van der Waals surface area contributed by atoms with Crippen LogP contribution in [0.15, 0.2) is 42.5 Å². The fraction of sp³-hybridized carbons (Fsp3) is 0.263. The van der Waals surface area contributed by atoms with E-state index in [2.05, 4.69) is 5.32 Å². The van der Waals surface area contributed by atoms with Gasteiger partial charge in [0.15, 0.2) is 0 Å². The van der Waals surface area contributed by atoms with Gasteiger partial charge in [-0.15, -0.1) is 0 Å². The smallest absolute Gasteiger partial charge is 0.229 e. The van der Waals surface area contributed by atoms with Crippen molar-refractivity contribution < 1.29 is 14.3 Å². The molecule has 1 atom stereocenters. The molecule has 0 unspecified atom stereocenters. The summed E-state index contributed by atoms with van der Waals surface area (Å²) in [4.78, 5) is 26.5. The van der Waals surface area contributed by atoms with Gasteiger partial charge in [0.25, 0.3) is 0 Å². The predicted molar refractivity (Wildman–Crippen MR) is 98.3 cm³/mol. The lowest BCUT2D eigenvalue weighted by Gasteiger charge is -2.17. The van der Waals surface area contributed by atoms with Crippen molar-refractivity contribution in [3.63, 3.8) is 0 Å². The van der Waals surface area contributed by atoms with Crippen molar-refractivity contribution in [2.75, 3.05) is 23.9 Å². The molecule has 1 fully saturated rings. The normalized spacial score (nSPS) is 16.8. The standard InChI is InChI=1S/C19H19ClN2O3/c1-12-6-7-17(16(20)8-12)21-19(24)13-9-18(23)22(11-13)14-4-3-5-15(10-14)25-2/h3-8,10,13H,9,11H2,1-2H3,(H,21,24)/t13-/m0/s1. The van der Waals surface area contributed by atoms with Crippen molar-refractivity contribution in [2.45, 2.75) is 13.3 Å². The van der Waals surface area contributed by atoms with E-state index >= 15 is 0 Å². The Labute approximate surface area is 151 Å². The zero-order chi connectivity index (χ0) is 18.0. The molecular weight excluding hydrogens is 340 g/mol. The zero-order valence-electron chi connectivity index (χ0n) is 14.1. The van der Waals surface area contributed by atoms with Gasteiger partial charge in [0, 0.05) is 24.7 Å². The topological polar surface area (TPSA) is 58.6 Å². The van der Waals surface area contributed by atoms with Gasteiger partial charge in [-0.05, 0) is 36.8 Å². The lowest BCUT2D eigenvalue weighted by Crippen LogP contribution is -2.28. The van der Waals surface area contributed by atoms with E-state index in [4.69, 9.17) is 16.3 Å². The van der Waals surface area contributed by atoms with Gasteiger partial charge in [0.05, 0.1) is 23.7 Å². The highest BCUT2D eigenvalue weighted by Gasteiger charge is 2.35. The average Bonchev–Trinajstić information content (AvgIpc) is 2.99. The second-order valence-corrected chi connectivity index (χ2v) is 6.49. The van der Waals surface area contributed by atoms with Crippen LogP contribution in [0.3, 0.4) is 0 Å². The van der Waals surface area contributed by atoms with Crippen LogP contribution >= 0.6 is 11.6 Å². The number of anilines is 2. The molecule has 1 N–H and O–H groups in total. The summed E-state index contributed by atoms with van der Waals surface area (Å²) >= 11 is 6.16. The Bertz CT molecular complexity index is 822. The summed E-state index contributed by atoms with van der Waals surface area (Å²) < 4.78 is 5.19. The first kappa shape index (κ1) is 17.3. The van der Waals surface area contributed by atoms with Crippen LogP contribution in [0.1, 0.15) is 12.0 Å². The molecule has 0 saturated carbocycles. The Morgan fingerprint density at radius 3 is 2.80 bits per heavy atom. The lowest BCUT2D eigenvalue weighted by molar-refractivity contribution is -0.122. The summed E-state index contributed by atoms with van der Waals surface area (Å²) in [7, 11) is 1.58. The van der Waals surface area contributed by atoms with E-state index in [1.807, 2.05) is 31.2 Å². The average molecular weight is 359 g/mol. The molecule has 2 amide bonds.